The molecule has 0 spiro atoms. The highest BCUT2D eigenvalue weighted by atomic mass is 16.5. The average Bonchev–Trinajstić information content (AvgIpc) is 2.44. The molecule has 2 nitrogen and oxygen atoms in total. The van der Waals surface area contributed by atoms with Crippen LogP contribution < -0.4 is 0 Å². The van der Waals surface area contributed by atoms with Gasteiger partial charge in [0.2, 0.25) is 0 Å². The molecule has 0 fully saturated rings. The predicted octanol–water partition coefficient (Wildman–Crippen LogP) is 5.38. The second-order valence-electron chi connectivity index (χ2n) is 5.83. The summed E-state index contributed by atoms with van der Waals surface area (Å²) in [4.78, 5) is 12.0. The number of rotatable bonds is 9. The molecule has 1 aromatic carbocycles. The van der Waals surface area contributed by atoms with E-state index in [0.29, 0.717) is 6.61 Å². The second kappa shape index (κ2) is 9.59. The van der Waals surface area contributed by atoms with Gasteiger partial charge in [-0.3, -0.25) is 0 Å². The molecule has 0 aliphatic rings. The van der Waals surface area contributed by atoms with Crippen LogP contribution in [-0.4, -0.2) is 12.6 Å². The summed E-state index contributed by atoms with van der Waals surface area (Å²) in [5, 5.41) is 0. The summed E-state index contributed by atoms with van der Waals surface area (Å²) in [5.74, 6) is -0.195. The van der Waals surface area contributed by atoms with Crippen molar-refractivity contribution < 1.29 is 9.53 Å². The third kappa shape index (κ3) is 5.91. The first kappa shape index (κ1) is 17.7. The number of esters is 1. The fraction of sp³-hybridized carbons (Fsp3) is 0.632. The van der Waals surface area contributed by atoms with Crippen LogP contribution in [0.15, 0.2) is 12.1 Å². The lowest BCUT2D eigenvalue weighted by atomic mass is 9.96. The van der Waals surface area contributed by atoms with E-state index in [1.807, 2.05) is 19.9 Å². The molecule has 0 bridgehead atoms. The molecular formula is C19H30O2. The van der Waals surface area contributed by atoms with Gasteiger partial charge in [0.25, 0.3) is 0 Å². The number of benzene rings is 1. The molecule has 0 aromatic heterocycles. The van der Waals surface area contributed by atoms with Crippen molar-refractivity contribution in [2.75, 3.05) is 6.61 Å². The Morgan fingerprint density at radius 2 is 1.62 bits per heavy atom. The highest BCUT2D eigenvalue weighted by molar-refractivity contribution is 5.91. The van der Waals surface area contributed by atoms with Gasteiger partial charge in [0.05, 0.1) is 12.2 Å². The molecule has 0 saturated carbocycles. The first-order chi connectivity index (χ1) is 10.1. The number of carbonyl (C=O) groups is 1. The van der Waals surface area contributed by atoms with Crippen molar-refractivity contribution in [1.29, 1.82) is 0 Å². The minimum absolute atomic E-state index is 0.195. The predicted molar refractivity (Wildman–Crippen MR) is 89.0 cm³/mol. The van der Waals surface area contributed by atoms with Crippen LogP contribution in [0, 0.1) is 13.8 Å². The maximum Gasteiger partial charge on any atom is 0.338 e. The molecule has 0 aliphatic heterocycles. The van der Waals surface area contributed by atoms with E-state index in [1.165, 1.54) is 49.7 Å². The first-order valence-electron chi connectivity index (χ1n) is 8.37. The monoisotopic (exact) mass is 290 g/mol. The van der Waals surface area contributed by atoms with Crippen LogP contribution in [-0.2, 0) is 11.2 Å². The van der Waals surface area contributed by atoms with Gasteiger partial charge < -0.3 is 4.74 Å². The zero-order chi connectivity index (χ0) is 15.7. The molecule has 118 valence electrons. The van der Waals surface area contributed by atoms with Gasteiger partial charge in [0, 0.05) is 0 Å². The molecule has 0 heterocycles. The fourth-order valence-corrected chi connectivity index (χ4v) is 2.69. The average molecular weight is 290 g/mol. The summed E-state index contributed by atoms with van der Waals surface area (Å²) >= 11 is 0. The molecule has 0 radical (unpaired) electrons. The number of aryl methyl sites for hydroxylation is 3. The third-order valence-electron chi connectivity index (χ3n) is 3.98. The SMILES string of the molecule is CCCCCCCCc1cc(C(=O)OCC)c(C)cc1C. The van der Waals surface area contributed by atoms with Crippen LogP contribution >= 0.6 is 0 Å². The van der Waals surface area contributed by atoms with Crippen molar-refractivity contribution >= 4 is 5.97 Å². The van der Waals surface area contributed by atoms with E-state index < -0.39 is 0 Å². The number of carbonyl (C=O) groups excluding carboxylic acids is 1. The van der Waals surface area contributed by atoms with Gasteiger partial charge in [-0.05, 0) is 56.4 Å². The van der Waals surface area contributed by atoms with Crippen LogP contribution in [0.2, 0.25) is 0 Å². The largest absolute Gasteiger partial charge is 0.462 e. The Kier molecular flexibility index (Phi) is 8.11. The fourth-order valence-electron chi connectivity index (χ4n) is 2.69. The third-order valence-corrected chi connectivity index (χ3v) is 3.98. The highest BCUT2D eigenvalue weighted by Gasteiger charge is 2.12. The minimum Gasteiger partial charge on any atom is -0.462 e. The molecule has 0 unspecified atom stereocenters. The Bertz CT molecular complexity index is 449. The quantitative estimate of drug-likeness (QED) is 0.450. The van der Waals surface area contributed by atoms with E-state index >= 15 is 0 Å². The van der Waals surface area contributed by atoms with E-state index in [1.54, 1.807) is 0 Å². The molecule has 0 aliphatic carbocycles. The van der Waals surface area contributed by atoms with Crippen LogP contribution in [0.4, 0.5) is 0 Å². The summed E-state index contributed by atoms with van der Waals surface area (Å²) < 4.78 is 5.13. The Labute approximate surface area is 129 Å². The van der Waals surface area contributed by atoms with Gasteiger partial charge in [-0.2, -0.15) is 0 Å². The van der Waals surface area contributed by atoms with Crippen molar-refractivity contribution in [1.82, 2.24) is 0 Å². The Balaban J connectivity index is 2.61. The van der Waals surface area contributed by atoms with Gasteiger partial charge in [0.15, 0.2) is 0 Å². The first-order valence-corrected chi connectivity index (χ1v) is 8.37. The molecule has 0 saturated heterocycles. The van der Waals surface area contributed by atoms with E-state index in [4.69, 9.17) is 4.74 Å². The van der Waals surface area contributed by atoms with Crippen molar-refractivity contribution in [3.63, 3.8) is 0 Å². The van der Waals surface area contributed by atoms with E-state index in [9.17, 15) is 4.79 Å². The maximum absolute atomic E-state index is 12.0. The number of hydrogen-bond acceptors (Lipinski definition) is 2. The molecule has 0 atom stereocenters. The Morgan fingerprint density at radius 1 is 0.952 bits per heavy atom. The minimum atomic E-state index is -0.195. The molecule has 21 heavy (non-hydrogen) atoms. The molecule has 2 heteroatoms. The number of ether oxygens (including phenoxy) is 1. The molecule has 0 amide bonds. The summed E-state index contributed by atoms with van der Waals surface area (Å²) in [6, 6.07) is 4.15. The van der Waals surface area contributed by atoms with Crippen molar-refractivity contribution in [2.24, 2.45) is 0 Å². The Morgan fingerprint density at radius 3 is 2.29 bits per heavy atom. The van der Waals surface area contributed by atoms with Crippen molar-refractivity contribution in [3.05, 3.63) is 34.4 Å². The summed E-state index contributed by atoms with van der Waals surface area (Å²) in [5.41, 5.74) is 4.31. The second-order valence-corrected chi connectivity index (χ2v) is 5.83. The zero-order valence-corrected chi connectivity index (χ0v) is 14.1. The summed E-state index contributed by atoms with van der Waals surface area (Å²) in [6.07, 6.45) is 8.85. The van der Waals surface area contributed by atoms with Crippen molar-refractivity contribution in [3.8, 4) is 0 Å². The van der Waals surface area contributed by atoms with Crippen LogP contribution in [0.3, 0.4) is 0 Å². The summed E-state index contributed by atoms with van der Waals surface area (Å²) in [7, 11) is 0. The molecule has 1 rings (SSSR count). The lowest BCUT2D eigenvalue weighted by molar-refractivity contribution is 0.0525. The van der Waals surface area contributed by atoms with Gasteiger partial charge >= 0.3 is 5.97 Å². The molecular weight excluding hydrogens is 260 g/mol. The Hall–Kier alpha value is -1.31. The van der Waals surface area contributed by atoms with E-state index in [0.717, 1.165) is 17.5 Å². The number of unbranched alkanes of at least 4 members (excludes halogenated alkanes) is 5. The van der Waals surface area contributed by atoms with Crippen LogP contribution in [0.5, 0.6) is 0 Å². The lowest BCUT2D eigenvalue weighted by Crippen LogP contribution is -2.08. The van der Waals surface area contributed by atoms with Crippen molar-refractivity contribution in [2.45, 2.75) is 72.6 Å². The van der Waals surface area contributed by atoms with Gasteiger partial charge in [-0.1, -0.05) is 45.1 Å². The van der Waals surface area contributed by atoms with E-state index in [2.05, 4.69) is 19.9 Å². The normalized spacial score (nSPS) is 10.7. The molecule has 1 aromatic rings. The topological polar surface area (TPSA) is 26.3 Å². The highest BCUT2D eigenvalue weighted by Crippen LogP contribution is 2.19. The van der Waals surface area contributed by atoms with Gasteiger partial charge in [-0.15, -0.1) is 0 Å². The van der Waals surface area contributed by atoms with Gasteiger partial charge in [-0.25, -0.2) is 4.79 Å². The van der Waals surface area contributed by atoms with Gasteiger partial charge in [0.1, 0.15) is 0 Å². The van der Waals surface area contributed by atoms with Crippen LogP contribution in [0.25, 0.3) is 0 Å². The molecule has 0 N–H and O–H groups in total. The zero-order valence-electron chi connectivity index (χ0n) is 14.1. The number of hydrogen-bond donors (Lipinski definition) is 0. The smallest absolute Gasteiger partial charge is 0.338 e. The van der Waals surface area contributed by atoms with E-state index in [-0.39, 0.29) is 5.97 Å². The summed E-state index contributed by atoms with van der Waals surface area (Å²) in [6.45, 7) is 8.63. The van der Waals surface area contributed by atoms with Crippen LogP contribution in [0.1, 0.15) is 79.4 Å². The standard InChI is InChI=1S/C19H30O2/c1-5-7-8-9-10-11-12-17-14-18(19(20)21-6-2)16(4)13-15(17)3/h13-14H,5-12H2,1-4H3. The lowest BCUT2D eigenvalue weighted by Gasteiger charge is -2.11. The maximum atomic E-state index is 12.0.